The van der Waals surface area contributed by atoms with Gasteiger partial charge in [0.2, 0.25) is 15.9 Å². The van der Waals surface area contributed by atoms with Crippen LogP contribution in [0.4, 0.5) is 0 Å². The third-order valence-corrected chi connectivity index (χ3v) is 13.2. The maximum absolute atomic E-state index is 14.0. The van der Waals surface area contributed by atoms with Crippen molar-refractivity contribution >= 4 is 15.9 Å². The second-order valence-electron chi connectivity index (χ2n) is 12.9. The normalized spacial score (nSPS) is 36.9. The Hall–Kier alpha value is -1.48. The first-order valence-corrected chi connectivity index (χ1v) is 15.5. The van der Waals surface area contributed by atoms with Gasteiger partial charge in [-0.15, -0.1) is 0 Å². The molecular formula is C28H41N3O4S. The molecule has 2 saturated heterocycles. The molecule has 5 aliphatic rings. The van der Waals surface area contributed by atoms with Crippen molar-refractivity contribution in [3.8, 4) is 0 Å². The van der Waals surface area contributed by atoms with E-state index in [4.69, 9.17) is 0 Å². The zero-order valence-corrected chi connectivity index (χ0v) is 22.4. The van der Waals surface area contributed by atoms with Crippen molar-refractivity contribution in [2.24, 2.45) is 16.7 Å². The van der Waals surface area contributed by atoms with Gasteiger partial charge in [-0.25, -0.2) is 12.7 Å². The lowest BCUT2D eigenvalue weighted by molar-refractivity contribution is -0.124. The highest BCUT2D eigenvalue weighted by atomic mass is 32.2. The molecule has 1 amide bonds. The summed E-state index contributed by atoms with van der Waals surface area (Å²) in [6, 6.07) is 8.14. The number of carbonyl (C=O) groups excluding carboxylic acids is 1. The van der Waals surface area contributed by atoms with Crippen molar-refractivity contribution in [3.05, 3.63) is 35.4 Å². The summed E-state index contributed by atoms with van der Waals surface area (Å²) >= 11 is 0. The van der Waals surface area contributed by atoms with Crippen LogP contribution in [0.3, 0.4) is 0 Å². The molecule has 198 valence electrons. The maximum atomic E-state index is 14.0. The lowest BCUT2D eigenvalue weighted by Gasteiger charge is -2.45. The zero-order chi connectivity index (χ0) is 25.3. The van der Waals surface area contributed by atoms with Gasteiger partial charge in [-0.2, -0.15) is 0 Å². The van der Waals surface area contributed by atoms with Crippen molar-refractivity contribution in [1.82, 2.24) is 14.9 Å². The molecule has 0 aromatic heterocycles. The number of amides is 1. The Bertz CT molecular complexity index is 1140. The number of nitrogens with zero attached hydrogens (tertiary/aromatic N) is 1. The van der Waals surface area contributed by atoms with Gasteiger partial charge in [0, 0.05) is 31.1 Å². The number of nitrogens with one attached hydrogen (secondary N) is 2. The first kappa shape index (κ1) is 24.8. The Kier molecular flexibility index (Phi) is 5.87. The second kappa shape index (κ2) is 8.52. The molecule has 2 bridgehead atoms. The van der Waals surface area contributed by atoms with Gasteiger partial charge < -0.3 is 15.7 Å². The number of carbonyl (C=O) groups is 1. The number of β-amino-alcohol motifs (C(OH)–C–C–N with tert-alkyl or cyclic N) is 1. The van der Waals surface area contributed by atoms with E-state index in [2.05, 4.69) is 48.7 Å². The monoisotopic (exact) mass is 515 g/mol. The van der Waals surface area contributed by atoms with Gasteiger partial charge in [0.25, 0.3) is 0 Å². The number of hydrogen-bond acceptors (Lipinski definition) is 5. The van der Waals surface area contributed by atoms with Crippen LogP contribution in [0.2, 0.25) is 0 Å². The first-order chi connectivity index (χ1) is 17.1. The second-order valence-corrected chi connectivity index (χ2v) is 14.8. The number of aliphatic hydroxyl groups excluding tert-OH is 1. The van der Waals surface area contributed by atoms with Crippen LogP contribution in [-0.2, 0) is 26.7 Å². The van der Waals surface area contributed by atoms with Gasteiger partial charge in [-0.3, -0.25) is 4.79 Å². The van der Waals surface area contributed by atoms with E-state index in [1.807, 2.05) is 0 Å². The largest absolute Gasteiger partial charge is 0.392 e. The topological polar surface area (TPSA) is 98.7 Å². The molecule has 3 unspecified atom stereocenters. The van der Waals surface area contributed by atoms with Crippen molar-refractivity contribution in [2.75, 3.05) is 25.4 Å². The molecule has 2 saturated carbocycles. The number of aliphatic hydroxyl groups is 1. The highest BCUT2D eigenvalue weighted by molar-refractivity contribution is 7.89. The summed E-state index contributed by atoms with van der Waals surface area (Å²) in [6.07, 6.45) is 6.60. The van der Waals surface area contributed by atoms with Crippen molar-refractivity contribution in [1.29, 1.82) is 0 Å². The molecule has 4 fully saturated rings. The Morgan fingerprint density at radius 1 is 1.14 bits per heavy atom. The third kappa shape index (κ3) is 3.69. The van der Waals surface area contributed by atoms with Crippen LogP contribution in [0.1, 0.15) is 69.9 Å². The predicted octanol–water partition coefficient (Wildman–Crippen LogP) is 2.33. The Morgan fingerprint density at radius 2 is 1.89 bits per heavy atom. The van der Waals surface area contributed by atoms with E-state index in [0.717, 1.165) is 44.9 Å². The molecule has 5 atom stereocenters. The molecule has 7 nitrogen and oxygen atoms in total. The summed E-state index contributed by atoms with van der Waals surface area (Å²) in [5, 5.41) is 16.2. The number of aryl methyl sites for hydroxylation is 1. The van der Waals surface area contributed by atoms with Crippen LogP contribution in [0.5, 0.6) is 0 Å². The van der Waals surface area contributed by atoms with E-state index in [1.165, 1.54) is 11.1 Å². The number of piperidine rings is 1. The highest BCUT2D eigenvalue weighted by Gasteiger charge is 2.66. The average Bonchev–Trinajstić information content (AvgIpc) is 3.54. The lowest BCUT2D eigenvalue weighted by Crippen LogP contribution is -2.57. The standard InChI is InChI=1S/C28H41N3O4S/c1-26(2)20-8-10-28(26,24(15-20)30-25(33)23-16-21(32)17-29-23)18-36(34,35)31-13-11-27(12-14-31)9-7-19-5-3-4-6-22(19)27/h3-6,20-21,23-24,29,32H,7-18H2,1-2H3,(H,30,33)/t20?,21?,23-,24?,28+/m0/s1. The summed E-state index contributed by atoms with van der Waals surface area (Å²) in [5.41, 5.74) is 2.38. The van der Waals surface area contributed by atoms with E-state index in [1.54, 1.807) is 4.31 Å². The Balaban J connectivity index is 1.19. The number of rotatable bonds is 5. The Labute approximate surface area is 215 Å². The molecule has 0 radical (unpaired) electrons. The highest BCUT2D eigenvalue weighted by Crippen LogP contribution is 2.66. The van der Waals surface area contributed by atoms with Crippen LogP contribution in [0.25, 0.3) is 0 Å². The van der Waals surface area contributed by atoms with E-state index in [-0.39, 0.29) is 28.5 Å². The van der Waals surface area contributed by atoms with Crippen LogP contribution in [-0.4, -0.2) is 67.3 Å². The summed E-state index contributed by atoms with van der Waals surface area (Å²) < 4.78 is 29.7. The summed E-state index contributed by atoms with van der Waals surface area (Å²) in [6.45, 7) is 6.02. The minimum absolute atomic E-state index is 0.100. The molecule has 1 spiro atoms. The van der Waals surface area contributed by atoms with Gasteiger partial charge in [0.15, 0.2) is 0 Å². The molecule has 3 aliphatic carbocycles. The SMILES string of the molecule is CC1(C)C2CC[C@@]1(CS(=O)(=O)N1CCC3(CCc4ccccc43)CC1)C(NC(=O)[C@@H]1CC(O)CN1)C2. The fourth-order valence-electron chi connectivity index (χ4n) is 8.70. The van der Waals surface area contributed by atoms with Crippen LogP contribution >= 0.6 is 0 Å². The molecule has 1 aromatic rings. The van der Waals surface area contributed by atoms with Crippen LogP contribution in [0, 0.1) is 16.7 Å². The van der Waals surface area contributed by atoms with Gasteiger partial charge in [-0.1, -0.05) is 38.1 Å². The van der Waals surface area contributed by atoms with E-state index in [0.29, 0.717) is 32.0 Å². The van der Waals surface area contributed by atoms with Gasteiger partial charge in [0.05, 0.1) is 17.9 Å². The molecule has 36 heavy (non-hydrogen) atoms. The molecule has 2 heterocycles. The van der Waals surface area contributed by atoms with Gasteiger partial charge in [0.1, 0.15) is 0 Å². The maximum Gasteiger partial charge on any atom is 0.237 e. The fraction of sp³-hybridized carbons (Fsp3) is 0.750. The van der Waals surface area contributed by atoms with Crippen molar-refractivity contribution in [2.45, 2.75) is 88.8 Å². The minimum Gasteiger partial charge on any atom is -0.392 e. The lowest BCUT2D eigenvalue weighted by atomic mass is 9.69. The third-order valence-electron chi connectivity index (χ3n) is 11.1. The molecule has 6 rings (SSSR count). The molecular weight excluding hydrogens is 474 g/mol. The van der Waals surface area contributed by atoms with Crippen molar-refractivity contribution < 1.29 is 18.3 Å². The quantitative estimate of drug-likeness (QED) is 0.559. The Morgan fingerprint density at radius 3 is 2.58 bits per heavy atom. The van der Waals surface area contributed by atoms with Crippen LogP contribution in [0.15, 0.2) is 24.3 Å². The molecule has 8 heteroatoms. The summed E-state index contributed by atoms with van der Waals surface area (Å²) in [4.78, 5) is 13.0. The number of fused-ring (bicyclic) bond motifs is 4. The van der Waals surface area contributed by atoms with Crippen LogP contribution < -0.4 is 10.6 Å². The fourth-order valence-corrected chi connectivity index (χ4v) is 11.0. The first-order valence-electron chi connectivity index (χ1n) is 13.8. The summed E-state index contributed by atoms with van der Waals surface area (Å²) in [5.74, 6) is 0.426. The molecule has 2 aliphatic heterocycles. The average molecular weight is 516 g/mol. The number of benzene rings is 1. The van der Waals surface area contributed by atoms with E-state index >= 15 is 0 Å². The van der Waals surface area contributed by atoms with E-state index < -0.39 is 27.6 Å². The smallest absolute Gasteiger partial charge is 0.237 e. The van der Waals surface area contributed by atoms with E-state index in [9.17, 15) is 18.3 Å². The van der Waals surface area contributed by atoms with Gasteiger partial charge in [-0.05, 0) is 79.2 Å². The number of hydrogen-bond donors (Lipinski definition) is 3. The van der Waals surface area contributed by atoms with Crippen molar-refractivity contribution in [3.63, 3.8) is 0 Å². The summed E-state index contributed by atoms with van der Waals surface area (Å²) in [7, 11) is -3.48. The molecule has 1 aromatic carbocycles. The zero-order valence-electron chi connectivity index (χ0n) is 21.6. The minimum atomic E-state index is -3.48. The predicted molar refractivity (Wildman–Crippen MR) is 139 cm³/mol. The van der Waals surface area contributed by atoms with Gasteiger partial charge >= 0.3 is 0 Å². The molecule has 3 N–H and O–H groups in total. The number of sulfonamides is 1.